The number of ketones is 1. The summed E-state index contributed by atoms with van der Waals surface area (Å²) in [5.74, 6) is -2.76. The first-order valence-electron chi connectivity index (χ1n) is 12.9. The number of ether oxygens (including phenoxy) is 1. The molecule has 4 rings (SSSR count). The third-order valence-corrected chi connectivity index (χ3v) is 10.5. The zero-order valence-electron chi connectivity index (χ0n) is 21.7. The van der Waals surface area contributed by atoms with E-state index in [1.54, 1.807) is 26.8 Å². The second kappa shape index (κ2) is 9.72. The number of aliphatic hydroxyl groups is 2. The van der Waals surface area contributed by atoms with Crippen molar-refractivity contribution < 1.29 is 38.1 Å². The molecule has 0 amide bonds. The third-order valence-electron chi connectivity index (χ3n) is 9.62. The number of hydrogen-bond donors (Lipinski definition) is 2. The lowest BCUT2D eigenvalue weighted by atomic mass is 9.44. The van der Waals surface area contributed by atoms with Gasteiger partial charge in [-0.25, -0.2) is 8.78 Å². The fourth-order valence-corrected chi connectivity index (χ4v) is 8.92. The predicted octanol–water partition coefficient (Wildman–Crippen LogP) is 4.05. The summed E-state index contributed by atoms with van der Waals surface area (Å²) in [6.45, 7) is 6.54. The largest absolute Gasteiger partial charge is 0.449 e. The SMILES string of the molecule is CCC(=O)O[C@]1(C(=O)SC/C=C/CO)[C@H](C)CC2[C@H]3C[C@H](F)C4=CC(=O)C=C[C@]4(C)[C@@]3(F)[C@@H](O)C[C@@]21C. The Balaban J connectivity index is 1.82. The van der Waals surface area contributed by atoms with E-state index < -0.39 is 69.0 Å². The molecule has 37 heavy (non-hydrogen) atoms. The van der Waals surface area contributed by atoms with Crippen LogP contribution in [0.3, 0.4) is 0 Å². The van der Waals surface area contributed by atoms with Crippen LogP contribution >= 0.6 is 11.8 Å². The zero-order valence-corrected chi connectivity index (χ0v) is 22.5. The van der Waals surface area contributed by atoms with Gasteiger partial charge in [-0.2, -0.15) is 0 Å². The number of halogens is 2. The molecule has 4 aliphatic carbocycles. The van der Waals surface area contributed by atoms with Gasteiger partial charge < -0.3 is 14.9 Å². The van der Waals surface area contributed by atoms with Gasteiger partial charge in [0.15, 0.2) is 17.1 Å². The van der Waals surface area contributed by atoms with Crippen molar-refractivity contribution in [1.29, 1.82) is 0 Å². The fourth-order valence-electron chi connectivity index (χ4n) is 7.84. The lowest BCUT2D eigenvalue weighted by molar-refractivity contribution is -0.228. The number of carbonyl (C=O) groups is 3. The molecule has 0 aromatic carbocycles. The van der Waals surface area contributed by atoms with Crippen LogP contribution in [0.4, 0.5) is 8.78 Å². The van der Waals surface area contributed by atoms with Crippen LogP contribution in [0.25, 0.3) is 0 Å². The number of esters is 1. The van der Waals surface area contributed by atoms with Crippen molar-refractivity contribution in [2.24, 2.45) is 28.6 Å². The van der Waals surface area contributed by atoms with Gasteiger partial charge in [0.2, 0.25) is 5.12 Å². The summed E-state index contributed by atoms with van der Waals surface area (Å²) in [6, 6.07) is 0. The Kier molecular flexibility index (Phi) is 7.40. The molecule has 0 spiro atoms. The Hall–Kier alpha value is -1.84. The van der Waals surface area contributed by atoms with Gasteiger partial charge in [0.1, 0.15) is 6.17 Å². The molecule has 0 aliphatic heterocycles. The van der Waals surface area contributed by atoms with Crippen molar-refractivity contribution in [2.75, 3.05) is 12.4 Å². The van der Waals surface area contributed by atoms with Crippen molar-refractivity contribution in [3.05, 3.63) is 36.0 Å². The molecule has 0 aromatic heterocycles. The number of aliphatic hydroxyl groups excluding tert-OH is 2. The Morgan fingerprint density at radius 3 is 2.59 bits per heavy atom. The molecule has 0 saturated heterocycles. The van der Waals surface area contributed by atoms with E-state index in [1.807, 2.05) is 0 Å². The first kappa shape index (κ1) is 28.2. The molecule has 9 atom stereocenters. The van der Waals surface area contributed by atoms with Crippen LogP contribution in [0.2, 0.25) is 0 Å². The minimum absolute atomic E-state index is 0.0359. The van der Waals surface area contributed by atoms with Gasteiger partial charge in [-0.3, -0.25) is 14.4 Å². The highest BCUT2D eigenvalue weighted by Crippen LogP contribution is 2.72. The summed E-state index contributed by atoms with van der Waals surface area (Å²) >= 11 is 0.950. The van der Waals surface area contributed by atoms with E-state index in [2.05, 4.69) is 0 Å². The van der Waals surface area contributed by atoms with Crippen molar-refractivity contribution in [3.63, 3.8) is 0 Å². The van der Waals surface area contributed by atoms with Crippen molar-refractivity contribution in [2.45, 2.75) is 76.9 Å². The summed E-state index contributed by atoms with van der Waals surface area (Å²) in [6.07, 6.45) is 3.69. The standard InChI is InChI=1S/C28H36F2O6S/c1-5-23(34)36-28(24(35)37-11-7-6-10-31)16(2)12-18-19-14-21(29)20-13-17(32)8-9-25(20,3)27(19,30)22(33)15-26(18,28)4/h6-9,13,16,18-19,21-22,31,33H,5,10-12,14-15H2,1-4H3/b7-6+/t16-,18?,19-,21+,22+,25+,26+,27+,28+/m1/s1. The minimum Gasteiger partial charge on any atom is -0.449 e. The van der Waals surface area contributed by atoms with Crippen LogP contribution in [0.1, 0.15) is 53.4 Å². The maximum atomic E-state index is 17.4. The van der Waals surface area contributed by atoms with E-state index in [1.165, 1.54) is 25.2 Å². The first-order valence-corrected chi connectivity index (χ1v) is 13.9. The molecule has 2 N–H and O–H groups in total. The Labute approximate surface area is 220 Å². The van der Waals surface area contributed by atoms with Crippen LogP contribution in [-0.2, 0) is 19.1 Å². The molecule has 0 heterocycles. The number of fused-ring (bicyclic) bond motifs is 5. The highest BCUT2D eigenvalue weighted by Gasteiger charge is 2.78. The minimum atomic E-state index is -2.27. The molecule has 0 bridgehead atoms. The summed E-state index contributed by atoms with van der Waals surface area (Å²) in [5, 5.41) is 20.1. The number of carbonyl (C=O) groups excluding carboxylic acids is 3. The van der Waals surface area contributed by atoms with E-state index in [0.29, 0.717) is 6.42 Å². The van der Waals surface area contributed by atoms with Gasteiger partial charge in [0, 0.05) is 34.8 Å². The number of alkyl halides is 2. The summed E-state index contributed by atoms with van der Waals surface area (Å²) in [4.78, 5) is 38.6. The van der Waals surface area contributed by atoms with Crippen LogP contribution in [0.5, 0.6) is 0 Å². The molecule has 1 unspecified atom stereocenters. The molecule has 3 fully saturated rings. The molecule has 6 nitrogen and oxygen atoms in total. The molecule has 9 heteroatoms. The summed E-state index contributed by atoms with van der Waals surface area (Å²) < 4.78 is 39.0. The first-order chi connectivity index (χ1) is 17.3. The lowest BCUT2D eigenvalue weighted by Gasteiger charge is -2.63. The number of rotatable bonds is 6. The van der Waals surface area contributed by atoms with Crippen LogP contribution in [0.15, 0.2) is 36.0 Å². The van der Waals surface area contributed by atoms with Crippen LogP contribution in [0, 0.1) is 28.6 Å². The maximum absolute atomic E-state index is 17.4. The van der Waals surface area contributed by atoms with E-state index in [-0.39, 0.29) is 37.2 Å². The summed E-state index contributed by atoms with van der Waals surface area (Å²) in [5.41, 5.74) is -6.53. The van der Waals surface area contributed by atoms with Crippen molar-refractivity contribution in [1.82, 2.24) is 0 Å². The lowest BCUT2D eigenvalue weighted by Crippen LogP contribution is -2.70. The fraction of sp³-hybridized carbons (Fsp3) is 0.679. The van der Waals surface area contributed by atoms with Crippen molar-refractivity contribution >= 4 is 28.6 Å². The second-order valence-electron chi connectivity index (χ2n) is 11.3. The predicted molar refractivity (Wildman–Crippen MR) is 136 cm³/mol. The maximum Gasteiger partial charge on any atom is 0.306 e. The quantitative estimate of drug-likeness (QED) is 0.389. The average Bonchev–Trinajstić information content (AvgIpc) is 3.06. The molecule has 4 aliphatic rings. The Morgan fingerprint density at radius 2 is 1.95 bits per heavy atom. The molecule has 0 radical (unpaired) electrons. The van der Waals surface area contributed by atoms with E-state index >= 15 is 8.78 Å². The molecular weight excluding hydrogens is 502 g/mol. The van der Waals surface area contributed by atoms with Crippen molar-refractivity contribution in [3.8, 4) is 0 Å². The van der Waals surface area contributed by atoms with E-state index in [9.17, 15) is 19.5 Å². The van der Waals surface area contributed by atoms with Gasteiger partial charge in [0.25, 0.3) is 0 Å². The third kappa shape index (κ3) is 3.82. The highest BCUT2D eigenvalue weighted by molar-refractivity contribution is 8.14. The van der Waals surface area contributed by atoms with Gasteiger partial charge in [-0.1, -0.05) is 50.8 Å². The van der Waals surface area contributed by atoms with Crippen LogP contribution in [-0.4, -0.2) is 63.0 Å². The van der Waals surface area contributed by atoms with Gasteiger partial charge >= 0.3 is 5.97 Å². The molecule has 204 valence electrons. The second-order valence-corrected chi connectivity index (χ2v) is 12.3. The monoisotopic (exact) mass is 538 g/mol. The summed E-state index contributed by atoms with van der Waals surface area (Å²) in [7, 11) is 0. The number of hydrogen-bond acceptors (Lipinski definition) is 7. The Bertz CT molecular complexity index is 1070. The number of allylic oxidation sites excluding steroid dienone is 4. The highest BCUT2D eigenvalue weighted by atomic mass is 32.2. The van der Waals surface area contributed by atoms with E-state index in [4.69, 9.17) is 9.84 Å². The average molecular weight is 539 g/mol. The number of thioether (sulfide) groups is 1. The van der Waals surface area contributed by atoms with Gasteiger partial charge in [-0.05, 0) is 49.8 Å². The molecular formula is C28H36F2O6S. The topological polar surface area (TPSA) is 101 Å². The van der Waals surface area contributed by atoms with E-state index in [0.717, 1.165) is 17.8 Å². The van der Waals surface area contributed by atoms with Gasteiger partial charge in [-0.15, -0.1) is 0 Å². The van der Waals surface area contributed by atoms with Gasteiger partial charge in [0.05, 0.1) is 12.7 Å². The zero-order chi connectivity index (χ0) is 27.4. The van der Waals surface area contributed by atoms with Crippen LogP contribution < -0.4 is 0 Å². The smallest absolute Gasteiger partial charge is 0.306 e. The molecule has 0 aromatic rings. The molecule has 3 saturated carbocycles. The normalized spacial score (nSPS) is 44.7. The Morgan fingerprint density at radius 1 is 1.24 bits per heavy atom.